The molecule has 0 fully saturated rings. The molecule has 3 rings (SSSR count). The highest BCUT2D eigenvalue weighted by molar-refractivity contribution is 7.13. The molecule has 2 heterocycles. The summed E-state index contributed by atoms with van der Waals surface area (Å²) in [5.41, 5.74) is 2.48. The van der Waals surface area contributed by atoms with Gasteiger partial charge in [0.2, 0.25) is 0 Å². The van der Waals surface area contributed by atoms with Crippen LogP contribution in [0, 0.1) is 0 Å². The molecule has 1 N–H and O–H groups in total. The Morgan fingerprint density at radius 2 is 2.05 bits per heavy atom. The number of aliphatic carboxylic acids is 1. The number of fused-ring (bicyclic) bond motifs is 1. The average Bonchev–Trinajstić information content (AvgIpc) is 2.92. The van der Waals surface area contributed by atoms with Gasteiger partial charge in [-0.2, -0.15) is 0 Å². The van der Waals surface area contributed by atoms with E-state index < -0.39 is 5.97 Å². The van der Waals surface area contributed by atoms with E-state index in [0.29, 0.717) is 0 Å². The second-order valence-corrected chi connectivity index (χ2v) is 5.18. The smallest absolute Gasteiger partial charge is 0.307 e. The largest absolute Gasteiger partial charge is 0.481 e. The quantitative estimate of drug-likeness (QED) is 0.790. The van der Waals surface area contributed by atoms with Gasteiger partial charge in [0.1, 0.15) is 0 Å². The summed E-state index contributed by atoms with van der Waals surface area (Å²) in [5.74, 6) is -0.825. The van der Waals surface area contributed by atoms with E-state index in [0.717, 1.165) is 27.0 Å². The Bertz CT molecular complexity index is 735. The predicted molar refractivity (Wildman–Crippen MR) is 76.4 cm³/mol. The summed E-state index contributed by atoms with van der Waals surface area (Å²) in [4.78, 5) is 16.6. The van der Waals surface area contributed by atoms with Gasteiger partial charge in [-0.3, -0.25) is 4.79 Å². The van der Waals surface area contributed by atoms with Crippen LogP contribution in [0.2, 0.25) is 0 Å². The Hall–Kier alpha value is -2.20. The number of hydrogen-bond donors (Lipinski definition) is 1. The summed E-state index contributed by atoms with van der Waals surface area (Å²) < 4.78 is 0. The summed E-state index contributed by atoms with van der Waals surface area (Å²) in [6.07, 6.45) is 0.0153. The van der Waals surface area contributed by atoms with Gasteiger partial charge in [0.15, 0.2) is 0 Å². The first-order valence-electron chi connectivity index (χ1n) is 5.88. The summed E-state index contributed by atoms with van der Waals surface area (Å²) in [6.45, 7) is 0. The Morgan fingerprint density at radius 3 is 2.79 bits per heavy atom. The van der Waals surface area contributed by atoms with E-state index in [9.17, 15) is 4.79 Å². The topological polar surface area (TPSA) is 50.2 Å². The van der Waals surface area contributed by atoms with Crippen LogP contribution in [0.25, 0.3) is 21.5 Å². The number of thiophene rings is 1. The number of rotatable bonds is 3. The summed E-state index contributed by atoms with van der Waals surface area (Å²) in [6, 6.07) is 13.5. The van der Waals surface area contributed by atoms with Crippen LogP contribution < -0.4 is 0 Å². The maximum Gasteiger partial charge on any atom is 0.307 e. The zero-order valence-electron chi connectivity index (χ0n) is 10.0. The molecular weight excluding hydrogens is 258 g/mol. The predicted octanol–water partition coefficient (Wildman–Crippen LogP) is 3.59. The van der Waals surface area contributed by atoms with Gasteiger partial charge in [-0.25, -0.2) is 4.98 Å². The third-order valence-corrected chi connectivity index (χ3v) is 3.81. The van der Waals surface area contributed by atoms with E-state index >= 15 is 0 Å². The van der Waals surface area contributed by atoms with Crippen LogP contribution in [-0.4, -0.2) is 16.1 Å². The highest BCUT2D eigenvalue weighted by atomic mass is 32.1. The van der Waals surface area contributed by atoms with Crippen LogP contribution in [0.3, 0.4) is 0 Å². The van der Waals surface area contributed by atoms with E-state index in [1.165, 1.54) is 0 Å². The standard InChI is InChI=1S/C15H11NO2S/c17-15(18)9-10-8-13(14-6-3-7-19-14)16-12-5-2-1-4-11(10)12/h1-8H,9H2,(H,17,18). The van der Waals surface area contributed by atoms with E-state index in [-0.39, 0.29) is 6.42 Å². The summed E-state index contributed by atoms with van der Waals surface area (Å²) in [7, 11) is 0. The highest BCUT2D eigenvalue weighted by Gasteiger charge is 2.10. The van der Waals surface area contributed by atoms with Gasteiger partial charge >= 0.3 is 5.97 Å². The number of carbonyl (C=O) groups is 1. The van der Waals surface area contributed by atoms with Crippen LogP contribution in [0.1, 0.15) is 5.56 Å². The van der Waals surface area contributed by atoms with Gasteiger partial charge in [-0.05, 0) is 29.1 Å². The van der Waals surface area contributed by atoms with Crippen molar-refractivity contribution in [1.29, 1.82) is 0 Å². The molecule has 2 aromatic heterocycles. The van der Waals surface area contributed by atoms with Crippen LogP contribution in [-0.2, 0) is 11.2 Å². The SMILES string of the molecule is O=C(O)Cc1cc(-c2cccs2)nc2ccccc12. The van der Waals surface area contributed by atoms with E-state index in [4.69, 9.17) is 5.11 Å². The monoisotopic (exact) mass is 269 g/mol. The Morgan fingerprint density at radius 1 is 1.21 bits per heavy atom. The van der Waals surface area contributed by atoms with Crippen molar-refractivity contribution in [1.82, 2.24) is 4.98 Å². The molecular formula is C15H11NO2S. The third kappa shape index (κ3) is 2.35. The summed E-state index contributed by atoms with van der Waals surface area (Å²) in [5, 5.41) is 11.9. The first-order chi connectivity index (χ1) is 9.24. The Labute approximate surface area is 114 Å². The van der Waals surface area contributed by atoms with Crippen molar-refractivity contribution in [3.8, 4) is 10.6 Å². The Kier molecular flexibility index (Phi) is 3.01. The number of aromatic nitrogens is 1. The molecule has 3 aromatic rings. The maximum absolute atomic E-state index is 11.0. The molecule has 0 aliphatic rings. The first-order valence-corrected chi connectivity index (χ1v) is 6.76. The lowest BCUT2D eigenvalue weighted by Gasteiger charge is -2.07. The molecule has 0 aliphatic heterocycles. The molecule has 19 heavy (non-hydrogen) atoms. The molecule has 4 heteroatoms. The van der Waals surface area contributed by atoms with Crippen LogP contribution in [0.15, 0.2) is 47.8 Å². The van der Waals surface area contributed by atoms with E-state index in [2.05, 4.69) is 4.98 Å². The Balaban J connectivity index is 2.23. The molecule has 1 aromatic carbocycles. The van der Waals surface area contributed by atoms with Crippen molar-refractivity contribution >= 4 is 28.2 Å². The maximum atomic E-state index is 11.0. The number of benzene rings is 1. The molecule has 0 radical (unpaired) electrons. The third-order valence-electron chi connectivity index (χ3n) is 2.92. The molecule has 0 amide bonds. The molecule has 3 nitrogen and oxygen atoms in total. The lowest BCUT2D eigenvalue weighted by atomic mass is 10.0. The minimum atomic E-state index is -0.825. The molecule has 0 unspecified atom stereocenters. The number of nitrogens with zero attached hydrogens (tertiary/aromatic N) is 1. The lowest BCUT2D eigenvalue weighted by Crippen LogP contribution is -2.02. The number of hydrogen-bond acceptors (Lipinski definition) is 3. The minimum absolute atomic E-state index is 0.0153. The second-order valence-electron chi connectivity index (χ2n) is 4.23. The van der Waals surface area contributed by atoms with Crippen molar-refractivity contribution in [3.63, 3.8) is 0 Å². The van der Waals surface area contributed by atoms with Crippen molar-refractivity contribution in [2.24, 2.45) is 0 Å². The number of pyridine rings is 1. The van der Waals surface area contributed by atoms with Crippen LogP contribution in [0.4, 0.5) is 0 Å². The van der Waals surface area contributed by atoms with Crippen molar-refractivity contribution in [3.05, 3.63) is 53.4 Å². The number of para-hydroxylation sites is 1. The van der Waals surface area contributed by atoms with Gasteiger partial charge in [0.25, 0.3) is 0 Å². The van der Waals surface area contributed by atoms with Crippen molar-refractivity contribution in [2.75, 3.05) is 0 Å². The molecule has 0 spiro atoms. The highest BCUT2D eigenvalue weighted by Crippen LogP contribution is 2.27. The molecule has 0 saturated carbocycles. The lowest BCUT2D eigenvalue weighted by molar-refractivity contribution is -0.136. The van der Waals surface area contributed by atoms with Gasteiger partial charge in [0, 0.05) is 5.39 Å². The summed E-state index contributed by atoms with van der Waals surface area (Å²) >= 11 is 1.60. The normalized spacial score (nSPS) is 10.7. The number of carboxylic acid groups (broad SMARTS) is 1. The fraction of sp³-hybridized carbons (Fsp3) is 0.0667. The van der Waals surface area contributed by atoms with Gasteiger partial charge in [0.05, 0.1) is 22.5 Å². The van der Waals surface area contributed by atoms with Crippen LogP contribution >= 0.6 is 11.3 Å². The fourth-order valence-electron chi connectivity index (χ4n) is 2.11. The zero-order valence-corrected chi connectivity index (χ0v) is 10.9. The molecule has 94 valence electrons. The van der Waals surface area contributed by atoms with Crippen molar-refractivity contribution in [2.45, 2.75) is 6.42 Å². The average molecular weight is 269 g/mol. The molecule has 0 aliphatic carbocycles. The molecule has 0 atom stereocenters. The van der Waals surface area contributed by atoms with Gasteiger partial charge in [-0.15, -0.1) is 11.3 Å². The van der Waals surface area contributed by atoms with Gasteiger partial charge in [-0.1, -0.05) is 24.3 Å². The zero-order chi connectivity index (χ0) is 13.2. The van der Waals surface area contributed by atoms with Crippen molar-refractivity contribution < 1.29 is 9.90 Å². The van der Waals surface area contributed by atoms with Gasteiger partial charge < -0.3 is 5.11 Å². The van der Waals surface area contributed by atoms with Crippen LogP contribution in [0.5, 0.6) is 0 Å². The fourth-order valence-corrected chi connectivity index (χ4v) is 2.79. The van der Waals surface area contributed by atoms with E-state index in [1.54, 1.807) is 11.3 Å². The molecule has 0 saturated heterocycles. The first kappa shape index (κ1) is 11.9. The second kappa shape index (κ2) is 4.82. The molecule has 0 bridgehead atoms. The number of carboxylic acids is 1. The van der Waals surface area contributed by atoms with E-state index in [1.807, 2.05) is 47.8 Å². The minimum Gasteiger partial charge on any atom is -0.481 e.